The monoisotopic (exact) mass is 383 g/mol. The van der Waals surface area contributed by atoms with Crippen LogP contribution < -0.4 is 5.32 Å². The van der Waals surface area contributed by atoms with Crippen LogP contribution in [-0.4, -0.2) is 41.2 Å². The zero-order valence-corrected chi connectivity index (χ0v) is 17.1. The minimum atomic E-state index is -0.428. The molecule has 6 heteroatoms. The van der Waals surface area contributed by atoms with Crippen LogP contribution in [0.1, 0.15) is 50.6 Å². The van der Waals surface area contributed by atoms with Gasteiger partial charge in [-0.3, -0.25) is 4.79 Å². The Morgan fingerprint density at radius 3 is 2.50 bits per heavy atom. The first kappa shape index (κ1) is 20.0. The number of carbonyl (C=O) groups is 2. The number of urea groups is 1. The number of amides is 2. The van der Waals surface area contributed by atoms with Gasteiger partial charge in [-0.05, 0) is 35.6 Å². The smallest absolute Gasteiger partial charge is 0.325 e. The number of hydrogen-bond donors (Lipinski definition) is 1. The van der Waals surface area contributed by atoms with Crippen LogP contribution in [0.2, 0.25) is 0 Å². The number of nitrogens with one attached hydrogen (secondary N) is 1. The molecule has 0 radical (unpaired) electrons. The molecule has 6 nitrogen and oxygen atoms in total. The molecule has 2 aromatic rings. The Balaban J connectivity index is 1.86. The van der Waals surface area contributed by atoms with Gasteiger partial charge in [-0.25, -0.2) is 4.79 Å². The van der Waals surface area contributed by atoms with Crippen LogP contribution in [0, 0.1) is 0 Å². The lowest BCUT2D eigenvalue weighted by atomic mass is 9.86. The summed E-state index contributed by atoms with van der Waals surface area (Å²) >= 11 is 0. The maximum atomic E-state index is 12.8. The first-order chi connectivity index (χ1) is 13.3. The molecule has 1 aromatic carbocycles. The number of ether oxygens (including phenoxy) is 1. The highest BCUT2D eigenvalue weighted by molar-refractivity contribution is 5.81. The van der Waals surface area contributed by atoms with Crippen LogP contribution in [0.25, 0.3) is 0 Å². The largest absolute Gasteiger partial charge is 0.465 e. The first-order valence-corrected chi connectivity index (χ1v) is 9.77. The molecule has 1 unspecified atom stereocenters. The third kappa shape index (κ3) is 4.21. The van der Waals surface area contributed by atoms with Gasteiger partial charge in [0, 0.05) is 25.0 Å². The summed E-state index contributed by atoms with van der Waals surface area (Å²) in [7, 11) is 0. The number of carbonyl (C=O) groups excluding carboxylic acids is 2. The van der Waals surface area contributed by atoms with E-state index < -0.39 is 5.97 Å². The third-order valence-corrected chi connectivity index (χ3v) is 5.08. The van der Waals surface area contributed by atoms with Crippen molar-refractivity contribution in [3.05, 3.63) is 59.4 Å². The highest BCUT2D eigenvalue weighted by Crippen LogP contribution is 2.33. The van der Waals surface area contributed by atoms with Crippen LogP contribution >= 0.6 is 0 Å². The quantitative estimate of drug-likeness (QED) is 0.823. The molecule has 28 heavy (non-hydrogen) atoms. The number of nitrogens with zero attached hydrogens (tertiary/aromatic N) is 2. The Labute approximate surface area is 166 Å². The van der Waals surface area contributed by atoms with E-state index in [1.165, 1.54) is 5.56 Å². The number of benzene rings is 1. The van der Waals surface area contributed by atoms with Gasteiger partial charge in [-0.15, -0.1) is 0 Å². The van der Waals surface area contributed by atoms with Gasteiger partial charge in [0.15, 0.2) is 0 Å². The van der Waals surface area contributed by atoms with E-state index in [1.807, 2.05) is 18.3 Å². The Morgan fingerprint density at radius 2 is 1.86 bits per heavy atom. The SMILES string of the molecule is CCOC(=O)CNC(=O)N1CCn2cccc2C1c1ccc(C(C)(C)C)cc1. The van der Waals surface area contributed by atoms with Crippen molar-refractivity contribution >= 4 is 12.0 Å². The molecule has 1 atom stereocenters. The Kier molecular flexibility index (Phi) is 5.77. The molecule has 0 spiro atoms. The number of fused-ring (bicyclic) bond motifs is 1. The van der Waals surface area contributed by atoms with E-state index in [1.54, 1.807) is 11.8 Å². The van der Waals surface area contributed by atoms with Gasteiger partial charge >= 0.3 is 12.0 Å². The maximum absolute atomic E-state index is 12.8. The molecule has 1 aliphatic rings. The average molecular weight is 383 g/mol. The van der Waals surface area contributed by atoms with Crippen LogP contribution in [0.4, 0.5) is 4.79 Å². The van der Waals surface area contributed by atoms with Crippen LogP contribution in [0.5, 0.6) is 0 Å². The summed E-state index contributed by atoms with van der Waals surface area (Å²) in [6, 6.07) is 12.1. The molecule has 0 saturated heterocycles. The molecule has 0 bridgehead atoms. The lowest BCUT2D eigenvalue weighted by Crippen LogP contribution is -2.48. The molecule has 2 heterocycles. The van der Waals surface area contributed by atoms with Gasteiger partial charge in [0.25, 0.3) is 0 Å². The summed E-state index contributed by atoms with van der Waals surface area (Å²) in [5.74, 6) is -0.428. The van der Waals surface area contributed by atoms with Gasteiger partial charge in [-0.2, -0.15) is 0 Å². The lowest BCUT2D eigenvalue weighted by molar-refractivity contribution is -0.141. The zero-order valence-electron chi connectivity index (χ0n) is 17.1. The van der Waals surface area contributed by atoms with Gasteiger partial charge in [0.1, 0.15) is 6.54 Å². The Morgan fingerprint density at radius 1 is 1.14 bits per heavy atom. The number of rotatable bonds is 4. The first-order valence-electron chi connectivity index (χ1n) is 9.77. The Hall–Kier alpha value is -2.76. The maximum Gasteiger partial charge on any atom is 0.325 e. The van der Waals surface area contributed by atoms with E-state index in [4.69, 9.17) is 4.74 Å². The van der Waals surface area contributed by atoms with Crippen LogP contribution in [-0.2, 0) is 21.5 Å². The fourth-order valence-corrected chi connectivity index (χ4v) is 3.58. The summed E-state index contributed by atoms with van der Waals surface area (Å²) in [6.45, 7) is 9.77. The van der Waals surface area contributed by atoms with Gasteiger partial charge in [-0.1, -0.05) is 45.0 Å². The normalized spacial score (nSPS) is 16.4. The third-order valence-electron chi connectivity index (χ3n) is 5.08. The van der Waals surface area contributed by atoms with Crippen LogP contribution in [0.3, 0.4) is 0 Å². The molecule has 0 saturated carbocycles. The predicted octanol–water partition coefficient (Wildman–Crippen LogP) is 3.46. The van der Waals surface area contributed by atoms with E-state index in [0.29, 0.717) is 13.2 Å². The van der Waals surface area contributed by atoms with Crippen molar-refractivity contribution in [2.75, 3.05) is 19.7 Å². The molecule has 150 valence electrons. The molecule has 2 amide bonds. The fourth-order valence-electron chi connectivity index (χ4n) is 3.58. The van der Waals surface area contributed by atoms with E-state index >= 15 is 0 Å². The number of hydrogen-bond acceptors (Lipinski definition) is 3. The fraction of sp³-hybridized carbons (Fsp3) is 0.455. The highest BCUT2D eigenvalue weighted by Gasteiger charge is 2.32. The molecule has 0 aliphatic carbocycles. The summed E-state index contributed by atoms with van der Waals surface area (Å²) in [5.41, 5.74) is 3.45. The summed E-state index contributed by atoms with van der Waals surface area (Å²) in [4.78, 5) is 26.2. The Bertz CT molecular complexity index is 833. The number of esters is 1. The van der Waals surface area contributed by atoms with Gasteiger partial charge in [0.2, 0.25) is 0 Å². The van der Waals surface area contributed by atoms with Crippen molar-refractivity contribution in [1.29, 1.82) is 0 Å². The lowest BCUT2D eigenvalue weighted by Gasteiger charge is -2.37. The molecular weight excluding hydrogens is 354 g/mol. The summed E-state index contributed by atoms with van der Waals surface area (Å²) in [6.07, 6.45) is 2.04. The second-order valence-electron chi connectivity index (χ2n) is 8.06. The predicted molar refractivity (Wildman–Crippen MR) is 108 cm³/mol. The standard InChI is InChI=1S/C22H29N3O3/c1-5-28-19(26)15-23-21(27)25-14-13-24-12-6-7-18(24)20(25)16-8-10-17(11-9-16)22(2,3)4/h6-12,20H,5,13-15H2,1-4H3,(H,23,27). The molecule has 3 rings (SSSR count). The zero-order chi connectivity index (χ0) is 20.3. The molecular formula is C22H29N3O3. The van der Waals surface area contributed by atoms with Gasteiger partial charge in [0.05, 0.1) is 12.6 Å². The minimum Gasteiger partial charge on any atom is -0.465 e. The van der Waals surface area contributed by atoms with Crippen molar-refractivity contribution in [2.45, 2.75) is 45.7 Å². The number of aromatic nitrogens is 1. The highest BCUT2D eigenvalue weighted by atomic mass is 16.5. The average Bonchev–Trinajstić information content (AvgIpc) is 3.13. The van der Waals surface area contributed by atoms with E-state index in [0.717, 1.165) is 17.8 Å². The molecule has 1 N–H and O–H groups in total. The van der Waals surface area contributed by atoms with E-state index in [-0.39, 0.29) is 24.0 Å². The van der Waals surface area contributed by atoms with Crippen molar-refractivity contribution in [2.24, 2.45) is 0 Å². The van der Waals surface area contributed by atoms with Crippen molar-refractivity contribution in [3.63, 3.8) is 0 Å². The van der Waals surface area contributed by atoms with Crippen molar-refractivity contribution in [1.82, 2.24) is 14.8 Å². The van der Waals surface area contributed by atoms with Crippen molar-refractivity contribution < 1.29 is 14.3 Å². The molecule has 0 fully saturated rings. The molecule has 1 aromatic heterocycles. The topological polar surface area (TPSA) is 63.6 Å². The van der Waals surface area contributed by atoms with E-state index in [9.17, 15) is 9.59 Å². The summed E-state index contributed by atoms with van der Waals surface area (Å²) < 4.78 is 7.08. The van der Waals surface area contributed by atoms with E-state index in [2.05, 4.69) is 54.9 Å². The van der Waals surface area contributed by atoms with Crippen LogP contribution in [0.15, 0.2) is 42.6 Å². The van der Waals surface area contributed by atoms with Gasteiger partial charge < -0.3 is 19.5 Å². The van der Waals surface area contributed by atoms with Crippen molar-refractivity contribution in [3.8, 4) is 0 Å². The summed E-state index contributed by atoms with van der Waals surface area (Å²) in [5, 5.41) is 2.70. The second-order valence-corrected chi connectivity index (χ2v) is 8.06. The minimum absolute atomic E-state index is 0.0714. The molecule has 1 aliphatic heterocycles. The second kappa shape index (κ2) is 8.09.